The highest BCUT2D eigenvalue weighted by molar-refractivity contribution is 7.13. The van der Waals surface area contributed by atoms with Crippen LogP contribution in [0.2, 0.25) is 0 Å². The molecule has 5 nitrogen and oxygen atoms in total. The van der Waals surface area contributed by atoms with Crippen molar-refractivity contribution in [2.24, 2.45) is 5.41 Å². The van der Waals surface area contributed by atoms with Crippen LogP contribution in [0.1, 0.15) is 26.0 Å². The lowest BCUT2D eigenvalue weighted by Gasteiger charge is -2.19. The smallest absolute Gasteiger partial charge is 0.228 e. The van der Waals surface area contributed by atoms with Crippen LogP contribution >= 0.6 is 11.3 Å². The first-order valence-electron chi connectivity index (χ1n) is 6.87. The number of likely N-dealkylation sites (tertiary alicyclic amines) is 1. The molecule has 1 amide bonds. The highest BCUT2D eigenvalue weighted by Gasteiger charge is 2.32. The number of carbonyl (C=O) groups excluding carboxylic acids is 1. The van der Waals surface area contributed by atoms with Gasteiger partial charge in [0.05, 0.1) is 24.9 Å². The summed E-state index contributed by atoms with van der Waals surface area (Å²) in [7, 11) is 0. The molecule has 0 atom stereocenters. The van der Waals surface area contributed by atoms with Crippen molar-refractivity contribution in [2.75, 3.05) is 6.54 Å². The molecule has 1 aliphatic heterocycles. The zero-order valence-corrected chi connectivity index (χ0v) is 12.9. The Morgan fingerprint density at radius 1 is 1.43 bits per heavy atom. The molecule has 0 unspecified atom stereocenters. The average Bonchev–Trinajstić information content (AvgIpc) is 3.06. The first-order valence-corrected chi connectivity index (χ1v) is 7.75. The predicted octanol–water partition coefficient (Wildman–Crippen LogP) is 2.56. The largest absolute Gasteiger partial charge is 0.337 e. The number of nitrogens with zero attached hydrogens (tertiary/aromatic N) is 4. The average molecular weight is 301 g/mol. The highest BCUT2D eigenvalue weighted by Crippen LogP contribution is 2.32. The summed E-state index contributed by atoms with van der Waals surface area (Å²) < 4.78 is 0. The van der Waals surface area contributed by atoms with Gasteiger partial charge < -0.3 is 4.90 Å². The van der Waals surface area contributed by atoms with Crippen LogP contribution in [-0.4, -0.2) is 32.3 Å². The standard InChI is InChI=1S/C15H17N4OS/c1-15(2)3-6-19(10-15)13(20)7-11-9-21-14(18-11)12-8-16-4-5-17-12/h4-6,8-9H,3,7,10H2,1-2H3. The van der Waals surface area contributed by atoms with Gasteiger partial charge in [-0.2, -0.15) is 0 Å². The Balaban J connectivity index is 1.66. The highest BCUT2D eigenvalue weighted by atomic mass is 32.1. The third-order valence-corrected chi connectivity index (χ3v) is 4.36. The monoisotopic (exact) mass is 301 g/mol. The molecule has 0 bridgehead atoms. The summed E-state index contributed by atoms with van der Waals surface area (Å²) >= 11 is 1.49. The minimum absolute atomic E-state index is 0.108. The van der Waals surface area contributed by atoms with E-state index in [1.54, 1.807) is 18.6 Å². The zero-order chi connectivity index (χ0) is 14.9. The second-order valence-electron chi connectivity index (χ2n) is 5.98. The SMILES string of the molecule is CC1(C)C[CH]N(C(=O)Cc2csc(-c3cnccn3)n2)C1. The summed E-state index contributed by atoms with van der Waals surface area (Å²) in [5.74, 6) is 0.108. The molecule has 0 aromatic carbocycles. The van der Waals surface area contributed by atoms with E-state index >= 15 is 0 Å². The topological polar surface area (TPSA) is 59.0 Å². The van der Waals surface area contributed by atoms with Crippen LogP contribution in [0.4, 0.5) is 0 Å². The van der Waals surface area contributed by atoms with Gasteiger partial charge in [-0.3, -0.25) is 14.8 Å². The Bertz CT molecular complexity index is 638. The van der Waals surface area contributed by atoms with E-state index < -0.39 is 0 Å². The molecule has 0 aliphatic carbocycles. The lowest BCUT2D eigenvalue weighted by molar-refractivity contribution is -0.128. The predicted molar refractivity (Wildman–Crippen MR) is 81.3 cm³/mol. The summed E-state index contributed by atoms with van der Waals surface area (Å²) in [6.45, 7) is 7.13. The number of amides is 1. The van der Waals surface area contributed by atoms with Gasteiger partial charge >= 0.3 is 0 Å². The maximum Gasteiger partial charge on any atom is 0.228 e. The summed E-state index contributed by atoms with van der Waals surface area (Å²) in [4.78, 5) is 26.8. The van der Waals surface area contributed by atoms with Crippen molar-refractivity contribution in [1.82, 2.24) is 19.9 Å². The third-order valence-electron chi connectivity index (χ3n) is 3.45. The maximum absolute atomic E-state index is 12.3. The zero-order valence-electron chi connectivity index (χ0n) is 12.1. The molecule has 6 heteroatoms. The van der Waals surface area contributed by atoms with Gasteiger partial charge in [0.1, 0.15) is 10.7 Å². The summed E-state index contributed by atoms with van der Waals surface area (Å²) in [5.41, 5.74) is 1.72. The van der Waals surface area contributed by atoms with E-state index in [2.05, 4.69) is 28.8 Å². The van der Waals surface area contributed by atoms with Crippen molar-refractivity contribution in [3.05, 3.63) is 36.2 Å². The van der Waals surface area contributed by atoms with Gasteiger partial charge in [0.2, 0.25) is 5.91 Å². The summed E-state index contributed by atoms with van der Waals surface area (Å²) in [6.07, 6.45) is 6.24. The van der Waals surface area contributed by atoms with Crippen molar-refractivity contribution < 1.29 is 4.79 Å². The summed E-state index contributed by atoms with van der Waals surface area (Å²) in [6, 6.07) is 0. The molecule has 1 aliphatic rings. The number of hydrogen-bond acceptors (Lipinski definition) is 5. The van der Waals surface area contributed by atoms with Gasteiger partial charge in [-0.25, -0.2) is 4.98 Å². The molecular weight excluding hydrogens is 284 g/mol. The van der Waals surface area contributed by atoms with Gasteiger partial charge in [-0.15, -0.1) is 11.3 Å². The van der Waals surface area contributed by atoms with E-state index in [4.69, 9.17) is 0 Å². The van der Waals surface area contributed by atoms with Gasteiger partial charge in [0, 0.05) is 24.3 Å². The van der Waals surface area contributed by atoms with Gasteiger partial charge in [0.25, 0.3) is 0 Å². The van der Waals surface area contributed by atoms with Gasteiger partial charge in [-0.05, 0) is 11.8 Å². The quantitative estimate of drug-likeness (QED) is 0.874. The Morgan fingerprint density at radius 2 is 2.29 bits per heavy atom. The number of carbonyl (C=O) groups is 1. The van der Waals surface area contributed by atoms with E-state index in [1.165, 1.54) is 11.3 Å². The fraction of sp³-hybridized carbons (Fsp3) is 0.400. The molecule has 3 rings (SSSR count). The maximum atomic E-state index is 12.3. The Labute approximate surface area is 128 Å². The van der Waals surface area contributed by atoms with Crippen LogP contribution in [0.5, 0.6) is 0 Å². The first kappa shape index (κ1) is 14.1. The normalized spacial score (nSPS) is 17.1. The Morgan fingerprint density at radius 3 is 2.95 bits per heavy atom. The van der Waals surface area contributed by atoms with Crippen LogP contribution in [0.25, 0.3) is 10.7 Å². The Kier molecular flexibility index (Phi) is 3.71. The van der Waals surface area contributed by atoms with E-state index in [0.717, 1.165) is 29.4 Å². The molecule has 109 valence electrons. The molecule has 1 radical (unpaired) electrons. The second-order valence-corrected chi connectivity index (χ2v) is 6.84. The first-order chi connectivity index (χ1) is 10.0. The van der Waals surface area contributed by atoms with Crippen LogP contribution in [0.15, 0.2) is 24.0 Å². The fourth-order valence-corrected chi connectivity index (χ4v) is 3.09. The van der Waals surface area contributed by atoms with Crippen LogP contribution in [0, 0.1) is 12.0 Å². The molecule has 2 aromatic rings. The number of rotatable bonds is 3. The van der Waals surface area contributed by atoms with Crippen molar-refractivity contribution in [2.45, 2.75) is 26.7 Å². The summed E-state index contributed by atoms with van der Waals surface area (Å²) in [5, 5.41) is 2.72. The van der Waals surface area contributed by atoms with E-state index in [1.807, 2.05) is 16.8 Å². The molecule has 0 saturated carbocycles. The van der Waals surface area contributed by atoms with E-state index in [9.17, 15) is 4.79 Å². The molecule has 1 fully saturated rings. The minimum Gasteiger partial charge on any atom is -0.337 e. The van der Waals surface area contributed by atoms with Crippen molar-refractivity contribution in [3.63, 3.8) is 0 Å². The van der Waals surface area contributed by atoms with Crippen molar-refractivity contribution in [1.29, 1.82) is 0 Å². The molecule has 1 saturated heterocycles. The second kappa shape index (κ2) is 5.52. The molecule has 0 N–H and O–H groups in total. The fourth-order valence-electron chi connectivity index (χ4n) is 2.31. The lowest BCUT2D eigenvalue weighted by Crippen LogP contribution is -2.29. The molecular formula is C15H17N4OS. The molecule has 21 heavy (non-hydrogen) atoms. The number of hydrogen-bond donors (Lipinski definition) is 0. The van der Waals surface area contributed by atoms with Crippen LogP contribution in [0.3, 0.4) is 0 Å². The lowest BCUT2D eigenvalue weighted by atomic mass is 9.93. The molecule has 3 heterocycles. The van der Waals surface area contributed by atoms with Crippen molar-refractivity contribution >= 4 is 17.2 Å². The Hall–Kier alpha value is -1.82. The molecule has 0 spiro atoms. The van der Waals surface area contributed by atoms with Crippen molar-refractivity contribution in [3.8, 4) is 10.7 Å². The third kappa shape index (κ3) is 3.26. The minimum atomic E-state index is 0.108. The van der Waals surface area contributed by atoms with E-state index in [0.29, 0.717) is 6.42 Å². The number of thiazole rings is 1. The molecule has 2 aromatic heterocycles. The number of aromatic nitrogens is 3. The van der Waals surface area contributed by atoms with Crippen LogP contribution < -0.4 is 0 Å². The van der Waals surface area contributed by atoms with E-state index in [-0.39, 0.29) is 11.3 Å². The van der Waals surface area contributed by atoms with Crippen LogP contribution in [-0.2, 0) is 11.2 Å². The van der Waals surface area contributed by atoms with Gasteiger partial charge in [-0.1, -0.05) is 13.8 Å². The van der Waals surface area contributed by atoms with Gasteiger partial charge in [0.15, 0.2) is 0 Å².